The van der Waals surface area contributed by atoms with Crippen molar-refractivity contribution >= 4 is 21.6 Å². The number of nitrogens with zero attached hydrogens (tertiary/aromatic N) is 1. The molecule has 1 aromatic heterocycles. The summed E-state index contributed by atoms with van der Waals surface area (Å²) in [6.07, 6.45) is 0. The Morgan fingerprint density at radius 1 is 1.29 bits per heavy atom. The van der Waals surface area contributed by atoms with Gasteiger partial charge in [0.15, 0.2) is 0 Å². The first-order valence-electron chi connectivity index (χ1n) is 5.08. The summed E-state index contributed by atoms with van der Waals surface area (Å²) in [5, 5.41) is 3.85. The van der Waals surface area contributed by atoms with Gasteiger partial charge in [-0.3, -0.25) is 0 Å². The van der Waals surface area contributed by atoms with Crippen LogP contribution in [-0.4, -0.2) is 5.16 Å². The second kappa shape index (κ2) is 4.64. The highest BCUT2D eigenvalue weighted by Gasteiger charge is 2.05. The van der Waals surface area contributed by atoms with E-state index in [9.17, 15) is 0 Å². The first-order valence-corrected chi connectivity index (χ1v) is 5.87. The van der Waals surface area contributed by atoms with Gasteiger partial charge in [0.25, 0.3) is 0 Å². The predicted octanol–water partition coefficient (Wildman–Crippen LogP) is 3.04. The number of rotatable bonds is 0. The third-order valence-electron chi connectivity index (χ3n) is 2.37. The summed E-state index contributed by atoms with van der Waals surface area (Å²) in [5.41, 5.74) is 8.91. The van der Waals surface area contributed by atoms with Gasteiger partial charge in [-0.05, 0) is 32.0 Å². The molecule has 0 saturated carbocycles. The molecule has 0 saturated heterocycles. The van der Waals surface area contributed by atoms with Gasteiger partial charge in [-0.15, -0.1) is 0 Å². The minimum absolute atomic E-state index is 0.660. The van der Waals surface area contributed by atoms with Gasteiger partial charge in [0, 0.05) is 15.7 Å². The second-order valence-electron chi connectivity index (χ2n) is 3.68. The molecule has 17 heavy (non-hydrogen) atoms. The van der Waals surface area contributed by atoms with Crippen molar-refractivity contribution in [2.24, 2.45) is 0 Å². The van der Waals surface area contributed by atoms with Gasteiger partial charge in [-0.1, -0.05) is 32.9 Å². The van der Waals surface area contributed by atoms with Crippen LogP contribution in [0.3, 0.4) is 0 Å². The van der Waals surface area contributed by atoms with Gasteiger partial charge >= 0.3 is 0 Å². The standard InChI is InChI=1S/C13H11BrN2O/c1-8-12(9(2)17-16-8)5-3-10-7-11(14)4-6-13(10)15/h4,6-7H,15H2,1-2H3. The number of anilines is 1. The molecule has 1 heterocycles. The Morgan fingerprint density at radius 3 is 2.71 bits per heavy atom. The molecule has 0 aliphatic carbocycles. The van der Waals surface area contributed by atoms with E-state index in [1.165, 1.54) is 0 Å². The second-order valence-corrected chi connectivity index (χ2v) is 4.60. The van der Waals surface area contributed by atoms with Crippen molar-refractivity contribution in [1.82, 2.24) is 5.16 Å². The average molecular weight is 291 g/mol. The lowest BCUT2D eigenvalue weighted by Gasteiger charge is -1.97. The Kier molecular flexibility index (Phi) is 3.21. The fourth-order valence-electron chi connectivity index (χ4n) is 1.43. The number of nitrogens with two attached hydrogens (primary N) is 1. The van der Waals surface area contributed by atoms with E-state index in [-0.39, 0.29) is 0 Å². The molecule has 0 fully saturated rings. The summed E-state index contributed by atoms with van der Waals surface area (Å²) < 4.78 is 6.00. The summed E-state index contributed by atoms with van der Waals surface area (Å²) in [4.78, 5) is 0. The van der Waals surface area contributed by atoms with Crippen LogP contribution in [0.4, 0.5) is 5.69 Å². The molecule has 2 rings (SSSR count). The number of aryl methyl sites for hydroxylation is 2. The first kappa shape index (κ1) is 11.7. The van der Waals surface area contributed by atoms with Crippen molar-refractivity contribution in [2.75, 3.05) is 5.73 Å². The molecule has 1 aromatic carbocycles. The van der Waals surface area contributed by atoms with Gasteiger partial charge in [0.05, 0.1) is 11.3 Å². The Morgan fingerprint density at radius 2 is 2.06 bits per heavy atom. The molecule has 0 amide bonds. The average Bonchev–Trinajstić information content (AvgIpc) is 2.61. The summed E-state index contributed by atoms with van der Waals surface area (Å²) >= 11 is 3.39. The van der Waals surface area contributed by atoms with Crippen molar-refractivity contribution in [3.8, 4) is 11.8 Å². The normalized spacial score (nSPS) is 9.82. The zero-order valence-electron chi connectivity index (χ0n) is 9.54. The molecule has 4 heteroatoms. The molecule has 0 radical (unpaired) electrons. The quantitative estimate of drug-likeness (QED) is 0.599. The molecule has 0 bridgehead atoms. The van der Waals surface area contributed by atoms with Gasteiger partial charge < -0.3 is 10.3 Å². The molecule has 86 valence electrons. The van der Waals surface area contributed by atoms with Crippen LogP contribution in [0.25, 0.3) is 0 Å². The summed E-state index contributed by atoms with van der Waals surface area (Å²) in [6.45, 7) is 3.71. The van der Waals surface area contributed by atoms with Crippen LogP contribution < -0.4 is 5.73 Å². The van der Waals surface area contributed by atoms with Crippen molar-refractivity contribution in [3.05, 3.63) is 45.3 Å². The third kappa shape index (κ3) is 2.51. The fourth-order valence-corrected chi connectivity index (χ4v) is 1.79. The van der Waals surface area contributed by atoms with E-state index in [4.69, 9.17) is 10.3 Å². The lowest BCUT2D eigenvalue weighted by atomic mass is 10.1. The van der Waals surface area contributed by atoms with E-state index in [1.807, 2.05) is 32.0 Å². The molecular weight excluding hydrogens is 280 g/mol. The molecule has 0 spiro atoms. The van der Waals surface area contributed by atoms with Gasteiger partial charge in [0.1, 0.15) is 5.76 Å². The van der Waals surface area contributed by atoms with E-state index in [0.29, 0.717) is 5.69 Å². The maximum Gasteiger partial charge on any atom is 0.149 e. The van der Waals surface area contributed by atoms with Crippen molar-refractivity contribution in [3.63, 3.8) is 0 Å². The molecule has 0 unspecified atom stereocenters. The van der Waals surface area contributed by atoms with Crippen LogP contribution in [0, 0.1) is 25.7 Å². The van der Waals surface area contributed by atoms with E-state index >= 15 is 0 Å². The van der Waals surface area contributed by atoms with E-state index in [1.54, 1.807) is 0 Å². The minimum Gasteiger partial charge on any atom is -0.398 e. The summed E-state index contributed by atoms with van der Waals surface area (Å²) in [5.74, 6) is 6.80. The Hall–Kier alpha value is -1.73. The van der Waals surface area contributed by atoms with Crippen LogP contribution in [0.1, 0.15) is 22.6 Å². The van der Waals surface area contributed by atoms with Gasteiger partial charge in [0.2, 0.25) is 0 Å². The largest absolute Gasteiger partial charge is 0.398 e. The van der Waals surface area contributed by atoms with E-state index < -0.39 is 0 Å². The summed E-state index contributed by atoms with van der Waals surface area (Å²) in [6, 6.07) is 5.60. The topological polar surface area (TPSA) is 52.0 Å². The zero-order valence-corrected chi connectivity index (χ0v) is 11.1. The molecule has 3 nitrogen and oxygen atoms in total. The van der Waals surface area contributed by atoms with Crippen LogP contribution in [0.2, 0.25) is 0 Å². The number of hydrogen-bond donors (Lipinski definition) is 1. The molecule has 0 aliphatic heterocycles. The number of aromatic nitrogens is 1. The van der Waals surface area contributed by atoms with Crippen molar-refractivity contribution < 1.29 is 4.52 Å². The Labute approximate surface area is 108 Å². The third-order valence-corrected chi connectivity index (χ3v) is 2.86. The molecule has 0 aliphatic rings. The Bertz CT molecular complexity index is 601. The smallest absolute Gasteiger partial charge is 0.149 e. The fraction of sp³-hybridized carbons (Fsp3) is 0.154. The van der Waals surface area contributed by atoms with Crippen LogP contribution in [0.5, 0.6) is 0 Å². The van der Waals surface area contributed by atoms with Crippen molar-refractivity contribution in [1.29, 1.82) is 0 Å². The van der Waals surface area contributed by atoms with Crippen LogP contribution >= 0.6 is 15.9 Å². The highest BCUT2D eigenvalue weighted by molar-refractivity contribution is 9.10. The molecule has 0 atom stereocenters. The van der Waals surface area contributed by atoms with Gasteiger partial charge in [-0.2, -0.15) is 0 Å². The molecule has 2 N–H and O–H groups in total. The maximum atomic E-state index is 5.84. The van der Waals surface area contributed by atoms with Crippen LogP contribution in [0.15, 0.2) is 27.2 Å². The van der Waals surface area contributed by atoms with Crippen molar-refractivity contribution in [2.45, 2.75) is 13.8 Å². The monoisotopic (exact) mass is 290 g/mol. The number of halogens is 1. The lowest BCUT2D eigenvalue weighted by Crippen LogP contribution is -1.89. The lowest BCUT2D eigenvalue weighted by molar-refractivity contribution is 0.393. The van der Waals surface area contributed by atoms with E-state index in [0.717, 1.165) is 27.1 Å². The molecular formula is C13H11BrN2O. The van der Waals surface area contributed by atoms with Gasteiger partial charge in [-0.25, -0.2) is 0 Å². The summed E-state index contributed by atoms with van der Waals surface area (Å²) in [7, 11) is 0. The van der Waals surface area contributed by atoms with Crippen LogP contribution in [-0.2, 0) is 0 Å². The minimum atomic E-state index is 0.660. The highest BCUT2D eigenvalue weighted by Crippen LogP contribution is 2.18. The number of benzene rings is 1. The van der Waals surface area contributed by atoms with E-state index in [2.05, 4.69) is 32.9 Å². The maximum absolute atomic E-state index is 5.84. The highest BCUT2D eigenvalue weighted by atomic mass is 79.9. The SMILES string of the molecule is Cc1noc(C)c1C#Cc1cc(Br)ccc1N. The Balaban J connectivity index is 2.43. The zero-order chi connectivity index (χ0) is 12.4. The predicted molar refractivity (Wildman–Crippen MR) is 70.5 cm³/mol. The number of nitrogen functional groups attached to an aromatic ring is 1. The molecule has 2 aromatic rings. The first-order chi connectivity index (χ1) is 8.08. The number of hydrogen-bond acceptors (Lipinski definition) is 3.